The van der Waals surface area contributed by atoms with Gasteiger partial charge in [0, 0.05) is 16.9 Å². The Bertz CT molecular complexity index is 271. The van der Waals surface area contributed by atoms with Gasteiger partial charge in [-0.3, -0.25) is 4.84 Å². The van der Waals surface area contributed by atoms with Gasteiger partial charge in [0.25, 0.3) is 0 Å². The minimum absolute atomic E-state index is 0.823. The van der Waals surface area contributed by atoms with Gasteiger partial charge in [-0.1, -0.05) is 0 Å². The number of pyridine rings is 1. The zero-order valence-electron chi connectivity index (χ0n) is 7.09. The molecule has 6 nitrogen and oxygen atoms in total. The fourth-order valence-corrected chi connectivity index (χ4v) is 1.03. The van der Waals surface area contributed by atoms with Crippen molar-refractivity contribution in [3.8, 4) is 0 Å². The lowest BCUT2D eigenvalue weighted by atomic mass is 10.3. The number of hydrogen-bond donors (Lipinski definition) is 0. The zero-order chi connectivity index (χ0) is 10.6. The fraction of sp³-hybridized carbons (Fsp3) is 0.286. The third kappa shape index (κ3) is 4.35. The molecule has 0 bridgehead atoms. The molecule has 0 amide bonds. The lowest BCUT2D eigenvalue weighted by molar-refractivity contribution is -2.00. The number of fused-ring (bicyclic) bond motifs is 1. The third-order valence-electron chi connectivity index (χ3n) is 1.49. The van der Waals surface area contributed by atoms with Gasteiger partial charge in [-0.15, -0.1) is 10.2 Å². The van der Waals surface area contributed by atoms with E-state index in [-0.39, 0.29) is 0 Å². The maximum absolute atomic E-state index is 8.49. The molecule has 1 aliphatic heterocycles. The standard InChI is InChI=1S/C7H8NO.ClHO4/c1-2-5-8-7(3-1)4-6-9-8;2-1(3,4)5/h1-3,5H,4,6H2;(H,2,3,4,5)/q+1;/p-1. The summed E-state index contributed by atoms with van der Waals surface area (Å²) in [6.45, 7) is 0.823. The quantitative estimate of drug-likeness (QED) is 0.409. The van der Waals surface area contributed by atoms with E-state index in [0.29, 0.717) is 0 Å². The number of nitrogens with zero attached hydrogens (tertiary/aromatic N) is 1. The van der Waals surface area contributed by atoms with Crippen LogP contribution in [0.25, 0.3) is 0 Å². The van der Waals surface area contributed by atoms with E-state index in [4.69, 9.17) is 23.5 Å². The van der Waals surface area contributed by atoms with Crippen LogP contribution in [0.5, 0.6) is 0 Å². The highest BCUT2D eigenvalue weighted by molar-refractivity contribution is 4.97. The van der Waals surface area contributed by atoms with Crippen LogP contribution in [0.1, 0.15) is 5.69 Å². The van der Waals surface area contributed by atoms with Crippen molar-refractivity contribution in [2.45, 2.75) is 6.42 Å². The van der Waals surface area contributed by atoms with Crippen LogP contribution >= 0.6 is 0 Å². The highest BCUT2D eigenvalue weighted by Crippen LogP contribution is 1.95. The predicted octanol–water partition coefficient (Wildman–Crippen LogP) is -4.80. The molecule has 0 N–H and O–H groups in total. The SMILES string of the molecule is [O-][Cl+3]([O-])([O-])[O-].c1cc[n+]2c(c1)CCO2. The van der Waals surface area contributed by atoms with E-state index in [9.17, 15) is 0 Å². The Hall–Kier alpha value is -0.920. The van der Waals surface area contributed by atoms with Crippen molar-refractivity contribution in [3.05, 3.63) is 30.1 Å². The summed E-state index contributed by atoms with van der Waals surface area (Å²) in [5, 5.41) is 0. The van der Waals surface area contributed by atoms with Crippen LogP contribution < -0.4 is 28.2 Å². The summed E-state index contributed by atoms with van der Waals surface area (Å²) in [5.74, 6) is 0. The summed E-state index contributed by atoms with van der Waals surface area (Å²) in [5.41, 5.74) is 1.26. The minimum Gasteiger partial charge on any atom is -0.271 e. The van der Waals surface area contributed by atoms with Crippen LogP contribution in [-0.2, 0) is 6.42 Å². The molecule has 1 aromatic rings. The Morgan fingerprint density at radius 3 is 2.43 bits per heavy atom. The molecular weight excluding hydrogens is 214 g/mol. The molecule has 14 heavy (non-hydrogen) atoms. The average Bonchev–Trinajstić information content (AvgIpc) is 2.47. The van der Waals surface area contributed by atoms with E-state index in [1.54, 1.807) is 0 Å². The zero-order valence-corrected chi connectivity index (χ0v) is 7.85. The van der Waals surface area contributed by atoms with Gasteiger partial charge < -0.3 is 0 Å². The van der Waals surface area contributed by atoms with E-state index >= 15 is 0 Å². The van der Waals surface area contributed by atoms with E-state index in [2.05, 4.69) is 6.07 Å². The van der Waals surface area contributed by atoms with E-state index < -0.39 is 10.2 Å². The lowest BCUT2D eigenvalue weighted by Gasteiger charge is -2.17. The number of halogens is 1. The van der Waals surface area contributed by atoms with Gasteiger partial charge in [0.15, 0.2) is 6.61 Å². The molecule has 2 heterocycles. The highest BCUT2D eigenvalue weighted by Gasteiger charge is 2.18. The summed E-state index contributed by atoms with van der Waals surface area (Å²) >= 11 is 0. The van der Waals surface area contributed by atoms with Crippen LogP contribution in [0.15, 0.2) is 24.4 Å². The Balaban J connectivity index is 0.000000171. The molecule has 2 rings (SSSR count). The fourth-order valence-electron chi connectivity index (χ4n) is 1.03. The molecule has 0 fully saturated rings. The van der Waals surface area contributed by atoms with Gasteiger partial charge >= 0.3 is 0 Å². The molecule has 0 saturated carbocycles. The molecule has 7 heteroatoms. The molecule has 0 radical (unpaired) electrons. The van der Waals surface area contributed by atoms with E-state index in [0.717, 1.165) is 13.0 Å². The Kier molecular flexibility index (Phi) is 3.62. The topological polar surface area (TPSA) is 105 Å². The second kappa shape index (κ2) is 4.54. The third-order valence-corrected chi connectivity index (χ3v) is 1.49. The Labute approximate surface area is 82.3 Å². The van der Waals surface area contributed by atoms with Crippen molar-refractivity contribution in [2.75, 3.05) is 6.61 Å². The molecule has 0 aliphatic carbocycles. The summed E-state index contributed by atoms with van der Waals surface area (Å²) in [4.78, 5) is 5.22. The molecule has 0 aromatic carbocycles. The molecule has 78 valence electrons. The van der Waals surface area contributed by atoms with Crippen molar-refractivity contribution < 1.29 is 38.4 Å². The maximum Gasteiger partial charge on any atom is 0.238 e. The summed E-state index contributed by atoms with van der Waals surface area (Å²) in [7, 11) is -4.94. The highest BCUT2D eigenvalue weighted by atomic mass is 35.7. The Morgan fingerprint density at radius 2 is 1.86 bits per heavy atom. The maximum atomic E-state index is 8.49. The molecule has 0 atom stereocenters. The van der Waals surface area contributed by atoms with Gasteiger partial charge in [0.1, 0.15) is 0 Å². The normalized spacial score (nSPS) is 13.7. The van der Waals surface area contributed by atoms with Crippen LogP contribution in [0.2, 0.25) is 0 Å². The molecule has 0 unspecified atom stereocenters. The molecule has 1 aliphatic rings. The van der Waals surface area contributed by atoms with Crippen molar-refractivity contribution in [2.24, 2.45) is 0 Å². The van der Waals surface area contributed by atoms with Crippen LogP contribution in [-0.4, -0.2) is 6.61 Å². The number of hydrogen-bond acceptors (Lipinski definition) is 5. The van der Waals surface area contributed by atoms with Gasteiger partial charge in [0.05, 0.1) is 6.42 Å². The monoisotopic (exact) mass is 221 g/mol. The lowest BCUT2D eigenvalue weighted by Crippen LogP contribution is -2.68. The molecule has 1 aromatic heterocycles. The molecule has 0 spiro atoms. The first-order valence-corrected chi connectivity index (χ1v) is 4.95. The first-order chi connectivity index (χ1) is 6.47. The van der Waals surface area contributed by atoms with Crippen molar-refractivity contribution in [1.29, 1.82) is 0 Å². The largest absolute Gasteiger partial charge is 0.271 e. The van der Waals surface area contributed by atoms with Crippen LogP contribution in [0, 0.1) is 10.2 Å². The smallest absolute Gasteiger partial charge is 0.238 e. The summed E-state index contributed by atoms with van der Waals surface area (Å²) < 4.78 is 35.8. The van der Waals surface area contributed by atoms with E-state index in [1.165, 1.54) is 5.69 Å². The first-order valence-electron chi connectivity index (χ1n) is 3.71. The number of rotatable bonds is 0. The van der Waals surface area contributed by atoms with Crippen molar-refractivity contribution in [1.82, 2.24) is 0 Å². The summed E-state index contributed by atoms with van der Waals surface area (Å²) in [6, 6.07) is 6.07. The predicted molar refractivity (Wildman–Crippen MR) is 31.8 cm³/mol. The van der Waals surface area contributed by atoms with Crippen molar-refractivity contribution in [3.63, 3.8) is 0 Å². The average molecular weight is 222 g/mol. The molecular formula is C7H8ClNO5. The van der Waals surface area contributed by atoms with Crippen LogP contribution in [0.4, 0.5) is 0 Å². The van der Waals surface area contributed by atoms with Crippen molar-refractivity contribution >= 4 is 0 Å². The molecule has 0 saturated heterocycles. The van der Waals surface area contributed by atoms with Gasteiger partial charge in [-0.05, 0) is 6.07 Å². The Morgan fingerprint density at radius 1 is 1.21 bits per heavy atom. The second-order valence-corrected chi connectivity index (χ2v) is 3.23. The summed E-state index contributed by atoms with van der Waals surface area (Å²) in [6.07, 6.45) is 2.98. The minimum atomic E-state index is -4.94. The van der Waals surface area contributed by atoms with Gasteiger partial charge in [0.2, 0.25) is 11.9 Å². The first kappa shape index (κ1) is 11.2. The van der Waals surface area contributed by atoms with Gasteiger partial charge in [-0.2, -0.15) is 0 Å². The number of aromatic nitrogens is 1. The second-order valence-electron chi connectivity index (χ2n) is 2.48. The van der Waals surface area contributed by atoms with Crippen LogP contribution in [0.3, 0.4) is 0 Å². The van der Waals surface area contributed by atoms with Gasteiger partial charge in [-0.25, -0.2) is 18.6 Å². The van der Waals surface area contributed by atoms with E-state index in [1.807, 2.05) is 23.1 Å².